The Hall–Kier alpha value is -2.57. The van der Waals surface area contributed by atoms with Crippen LogP contribution in [-0.2, 0) is 11.2 Å². The highest BCUT2D eigenvalue weighted by molar-refractivity contribution is 5.99. The highest BCUT2D eigenvalue weighted by Gasteiger charge is 2.25. The second-order valence-electron chi connectivity index (χ2n) is 7.16. The molecule has 0 aromatic heterocycles. The van der Waals surface area contributed by atoms with E-state index in [0.29, 0.717) is 51.1 Å². The summed E-state index contributed by atoms with van der Waals surface area (Å²) in [5, 5.41) is 2.90. The number of carbonyl (C=O) groups is 3. The van der Waals surface area contributed by atoms with Crippen molar-refractivity contribution < 1.29 is 14.4 Å². The topological polar surface area (TPSA) is 73.0 Å². The predicted octanol–water partition coefficient (Wildman–Crippen LogP) is 1.86. The molecule has 1 aromatic rings. The van der Waals surface area contributed by atoms with Gasteiger partial charge in [-0.25, -0.2) is 4.79 Å². The number of hydrogen-bond donors (Lipinski definition) is 1. The van der Waals surface area contributed by atoms with Gasteiger partial charge in [-0.3, -0.25) is 9.59 Å². The lowest BCUT2D eigenvalue weighted by molar-refractivity contribution is -0.118. The van der Waals surface area contributed by atoms with Crippen molar-refractivity contribution in [3.63, 3.8) is 0 Å². The van der Waals surface area contributed by atoms with Crippen LogP contribution in [0.2, 0.25) is 0 Å². The van der Waals surface area contributed by atoms with Gasteiger partial charge < -0.3 is 20.0 Å². The summed E-state index contributed by atoms with van der Waals surface area (Å²) in [7, 11) is 1.77. The average molecular weight is 372 g/mol. The van der Waals surface area contributed by atoms with Gasteiger partial charge in [0.05, 0.1) is 0 Å². The van der Waals surface area contributed by atoms with Crippen molar-refractivity contribution in [2.75, 3.05) is 44.7 Å². The lowest BCUT2D eigenvalue weighted by Gasteiger charge is -2.27. The first-order chi connectivity index (χ1) is 13.0. The van der Waals surface area contributed by atoms with Crippen LogP contribution in [0.3, 0.4) is 0 Å². The van der Waals surface area contributed by atoms with Gasteiger partial charge in [0.2, 0.25) is 5.91 Å². The third-order valence-corrected chi connectivity index (χ3v) is 5.27. The number of benzene rings is 1. The smallest absolute Gasteiger partial charge is 0.317 e. The van der Waals surface area contributed by atoms with Crippen molar-refractivity contribution >= 4 is 23.5 Å². The number of carbonyl (C=O) groups excluding carboxylic acids is 3. The van der Waals surface area contributed by atoms with E-state index in [4.69, 9.17) is 0 Å². The van der Waals surface area contributed by atoms with E-state index in [9.17, 15) is 14.4 Å². The monoisotopic (exact) mass is 372 g/mol. The van der Waals surface area contributed by atoms with Crippen molar-refractivity contribution in [1.29, 1.82) is 0 Å². The highest BCUT2D eigenvalue weighted by atomic mass is 16.2. The molecule has 0 radical (unpaired) electrons. The second-order valence-corrected chi connectivity index (χ2v) is 7.16. The molecule has 2 aliphatic heterocycles. The Balaban J connectivity index is 1.66. The van der Waals surface area contributed by atoms with Crippen LogP contribution in [0.4, 0.5) is 10.5 Å². The van der Waals surface area contributed by atoms with Gasteiger partial charge in [-0.05, 0) is 43.0 Å². The minimum absolute atomic E-state index is 0.00632. The molecule has 3 rings (SSSR count). The van der Waals surface area contributed by atoms with Gasteiger partial charge in [0.1, 0.15) is 0 Å². The molecule has 7 nitrogen and oxygen atoms in total. The number of nitrogens with zero attached hydrogens (tertiary/aromatic N) is 3. The van der Waals surface area contributed by atoms with Crippen LogP contribution in [0.25, 0.3) is 0 Å². The van der Waals surface area contributed by atoms with Crippen LogP contribution in [0.5, 0.6) is 0 Å². The number of fused-ring (bicyclic) bond motifs is 1. The summed E-state index contributed by atoms with van der Waals surface area (Å²) in [6.45, 7) is 5.08. The highest BCUT2D eigenvalue weighted by Crippen LogP contribution is 2.28. The standard InChI is InChI=1S/C20H28N4O3/c1-3-9-21-20(27)24-11-4-10-23(12-13-24)19(26)16-5-7-17-15(14-16)6-8-18(25)22(17)2/h5,7,14H,3-4,6,8-13H2,1-2H3,(H,21,27). The van der Waals surface area contributed by atoms with E-state index in [2.05, 4.69) is 5.32 Å². The van der Waals surface area contributed by atoms with Crippen molar-refractivity contribution in [3.8, 4) is 0 Å². The minimum atomic E-state index is -0.0485. The number of anilines is 1. The number of hydrogen-bond acceptors (Lipinski definition) is 3. The van der Waals surface area contributed by atoms with Gasteiger partial charge >= 0.3 is 6.03 Å². The number of urea groups is 1. The van der Waals surface area contributed by atoms with E-state index in [0.717, 1.165) is 24.1 Å². The SMILES string of the molecule is CCCNC(=O)N1CCCN(C(=O)c2ccc3c(c2)CCC(=O)N3C)CC1. The first-order valence-corrected chi connectivity index (χ1v) is 9.72. The lowest BCUT2D eigenvalue weighted by atomic mass is 9.98. The van der Waals surface area contributed by atoms with Crippen LogP contribution in [0.1, 0.15) is 42.1 Å². The summed E-state index contributed by atoms with van der Waals surface area (Å²) in [4.78, 5) is 42.2. The molecule has 0 bridgehead atoms. The Morgan fingerprint density at radius 1 is 1.07 bits per heavy atom. The molecule has 1 N–H and O–H groups in total. The lowest BCUT2D eigenvalue weighted by Crippen LogP contribution is -2.42. The molecule has 27 heavy (non-hydrogen) atoms. The van der Waals surface area contributed by atoms with Crippen LogP contribution < -0.4 is 10.2 Å². The van der Waals surface area contributed by atoms with Gasteiger partial charge in [0.25, 0.3) is 5.91 Å². The molecule has 2 aliphatic rings. The molecule has 7 heteroatoms. The summed E-state index contributed by atoms with van der Waals surface area (Å²) in [5.41, 5.74) is 2.58. The van der Waals surface area contributed by atoms with Gasteiger partial charge in [-0.2, -0.15) is 0 Å². The van der Waals surface area contributed by atoms with Crippen LogP contribution in [0, 0.1) is 0 Å². The summed E-state index contributed by atoms with van der Waals surface area (Å²) >= 11 is 0. The molecule has 0 unspecified atom stereocenters. The molecule has 1 fully saturated rings. The zero-order valence-electron chi connectivity index (χ0n) is 16.2. The van der Waals surface area contributed by atoms with E-state index in [1.165, 1.54) is 0 Å². The molecule has 1 aromatic carbocycles. The second kappa shape index (κ2) is 8.41. The van der Waals surface area contributed by atoms with Crippen LogP contribution in [-0.4, -0.2) is 67.4 Å². The summed E-state index contributed by atoms with van der Waals surface area (Å²) in [5.74, 6) is 0.101. The molecule has 0 atom stereocenters. The number of aryl methyl sites for hydroxylation is 1. The first kappa shape index (κ1) is 19.2. The third-order valence-electron chi connectivity index (χ3n) is 5.27. The van der Waals surface area contributed by atoms with Gasteiger partial charge in [0, 0.05) is 57.4 Å². The normalized spacial score (nSPS) is 17.4. The molecule has 0 aliphatic carbocycles. The van der Waals surface area contributed by atoms with Crippen LogP contribution in [0.15, 0.2) is 18.2 Å². The Bertz CT molecular complexity index is 734. The molecule has 0 saturated carbocycles. The van der Waals surface area contributed by atoms with E-state index >= 15 is 0 Å². The molecule has 146 valence electrons. The van der Waals surface area contributed by atoms with E-state index in [-0.39, 0.29) is 17.8 Å². The Morgan fingerprint density at radius 2 is 1.81 bits per heavy atom. The van der Waals surface area contributed by atoms with Crippen molar-refractivity contribution in [1.82, 2.24) is 15.1 Å². The number of rotatable bonds is 3. The predicted molar refractivity (Wildman–Crippen MR) is 104 cm³/mol. The fourth-order valence-electron chi connectivity index (χ4n) is 3.64. The summed E-state index contributed by atoms with van der Waals surface area (Å²) in [6.07, 6.45) is 2.83. The Kier molecular flexibility index (Phi) is 5.98. The van der Waals surface area contributed by atoms with Crippen LogP contribution >= 0.6 is 0 Å². The first-order valence-electron chi connectivity index (χ1n) is 9.72. The maximum atomic E-state index is 13.0. The molecule has 2 heterocycles. The fraction of sp³-hybridized carbons (Fsp3) is 0.550. The summed E-state index contributed by atoms with van der Waals surface area (Å²) in [6, 6.07) is 5.53. The quantitative estimate of drug-likeness (QED) is 0.880. The van der Waals surface area contributed by atoms with Crippen molar-refractivity contribution in [2.24, 2.45) is 0 Å². The molecular formula is C20H28N4O3. The van der Waals surface area contributed by atoms with Gasteiger partial charge in [0.15, 0.2) is 0 Å². The zero-order valence-corrected chi connectivity index (χ0v) is 16.2. The Morgan fingerprint density at radius 3 is 2.59 bits per heavy atom. The third kappa shape index (κ3) is 4.23. The van der Waals surface area contributed by atoms with Gasteiger partial charge in [-0.15, -0.1) is 0 Å². The average Bonchev–Trinajstić information content (AvgIpc) is 2.94. The maximum absolute atomic E-state index is 13.0. The van der Waals surface area contributed by atoms with E-state index in [1.807, 2.05) is 24.0 Å². The van der Waals surface area contributed by atoms with E-state index in [1.54, 1.807) is 22.9 Å². The molecule has 0 spiro atoms. The Labute approximate surface area is 160 Å². The van der Waals surface area contributed by atoms with Gasteiger partial charge in [-0.1, -0.05) is 6.92 Å². The number of amides is 4. The minimum Gasteiger partial charge on any atom is -0.338 e. The fourth-order valence-corrected chi connectivity index (χ4v) is 3.64. The zero-order chi connectivity index (χ0) is 19.4. The summed E-state index contributed by atoms with van der Waals surface area (Å²) < 4.78 is 0. The molecule has 4 amide bonds. The largest absolute Gasteiger partial charge is 0.338 e. The maximum Gasteiger partial charge on any atom is 0.317 e. The molecular weight excluding hydrogens is 344 g/mol. The van der Waals surface area contributed by atoms with Crippen molar-refractivity contribution in [2.45, 2.75) is 32.6 Å². The van der Waals surface area contributed by atoms with E-state index < -0.39 is 0 Å². The molecule has 1 saturated heterocycles. The number of nitrogens with one attached hydrogen (secondary N) is 1. The van der Waals surface area contributed by atoms with Crippen molar-refractivity contribution in [3.05, 3.63) is 29.3 Å².